The Morgan fingerprint density at radius 3 is 2.93 bits per heavy atom. The Morgan fingerprint density at radius 1 is 1.30 bits per heavy atom. The van der Waals surface area contributed by atoms with Gasteiger partial charge >= 0.3 is 0 Å². The SMILES string of the molecule is CCOc1cc(-c2ccc(N3CC[C@@H](C)[C@@H](NC)C3)nc2)c2ccnn2c1. The Hall–Kier alpha value is -2.60. The largest absolute Gasteiger partial charge is 0.492 e. The predicted molar refractivity (Wildman–Crippen MR) is 108 cm³/mol. The lowest BCUT2D eigenvalue weighted by Gasteiger charge is -2.37. The molecule has 6 nitrogen and oxygen atoms in total. The van der Waals surface area contributed by atoms with Gasteiger partial charge in [0.25, 0.3) is 0 Å². The van der Waals surface area contributed by atoms with Crippen molar-refractivity contribution < 1.29 is 4.74 Å². The minimum absolute atomic E-state index is 0.509. The maximum atomic E-state index is 5.70. The zero-order chi connectivity index (χ0) is 18.8. The molecular weight excluding hydrogens is 338 g/mol. The molecule has 142 valence electrons. The predicted octanol–water partition coefficient (Wildman–Crippen LogP) is 3.23. The van der Waals surface area contributed by atoms with Crippen molar-refractivity contribution >= 4 is 11.3 Å². The molecule has 0 aliphatic carbocycles. The van der Waals surface area contributed by atoms with Gasteiger partial charge in [-0.05, 0) is 50.6 Å². The summed E-state index contributed by atoms with van der Waals surface area (Å²) in [7, 11) is 2.05. The van der Waals surface area contributed by atoms with Crippen LogP contribution in [-0.2, 0) is 0 Å². The monoisotopic (exact) mass is 365 g/mol. The van der Waals surface area contributed by atoms with Gasteiger partial charge in [-0.25, -0.2) is 9.50 Å². The van der Waals surface area contributed by atoms with Crippen LogP contribution >= 0.6 is 0 Å². The van der Waals surface area contributed by atoms with Crippen molar-refractivity contribution in [3.05, 3.63) is 42.9 Å². The van der Waals surface area contributed by atoms with E-state index in [1.807, 2.05) is 43.1 Å². The highest BCUT2D eigenvalue weighted by molar-refractivity contribution is 5.81. The fraction of sp³-hybridized carbons (Fsp3) is 0.429. The summed E-state index contributed by atoms with van der Waals surface area (Å²) in [4.78, 5) is 7.14. The topological polar surface area (TPSA) is 54.7 Å². The number of aromatic nitrogens is 3. The molecule has 0 radical (unpaired) electrons. The third-order valence-corrected chi connectivity index (χ3v) is 5.51. The molecule has 0 amide bonds. The normalized spacial score (nSPS) is 20.2. The smallest absolute Gasteiger partial charge is 0.138 e. The van der Waals surface area contributed by atoms with E-state index in [0.717, 1.165) is 41.3 Å². The molecule has 0 bridgehead atoms. The number of nitrogens with zero attached hydrogens (tertiary/aromatic N) is 4. The lowest BCUT2D eigenvalue weighted by Crippen LogP contribution is -2.49. The molecule has 27 heavy (non-hydrogen) atoms. The van der Waals surface area contributed by atoms with Crippen LogP contribution in [0.15, 0.2) is 42.9 Å². The van der Waals surface area contributed by atoms with Crippen LogP contribution < -0.4 is 15.0 Å². The third-order valence-electron chi connectivity index (χ3n) is 5.51. The maximum absolute atomic E-state index is 5.70. The zero-order valence-electron chi connectivity index (χ0n) is 16.2. The number of ether oxygens (including phenoxy) is 1. The first-order valence-corrected chi connectivity index (χ1v) is 9.68. The van der Waals surface area contributed by atoms with Crippen LogP contribution in [0.2, 0.25) is 0 Å². The second kappa shape index (κ2) is 7.56. The molecule has 3 aromatic heterocycles. The summed E-state index contributed by atoms with van der Waals surface area (Å²) in [6, 6.07) is 8.86. The van der Waals surface area contributed by atoms with Crippen molar-refractivity contribution in [1.82, 2.24) is 19.9 Å². The number of pyridine rings is 2. The molecule has 2 atom stereocenters. The van der Waals surface area contributed by atoms with Crippen LogP contribution in [0.5, 0.6) is 5.75 Å². The van der Waals surface area contributed by atoms with Crippen molar-refractivity contribution in [2.75, 3.05) is 31.6 Å². The highest BCUT2D eigenvalue weighted by Gasteiger charge is 2.25. The summed E-state index contributed by atoms with van der Waals surface area (Å²) in [5.74, 6) is 2.55. The molecule has 1 aliphatic heterocycles. The van der Waals surface area contributed by atoms with Gasteiger partial charge in [0.15, 0.2) is 0 Å². The van der Waals surface area contributed by atoms with E-state index in [2.05, 4.69) is 40.4 Å². The summed E-state index contributed by atoms with van der Waals surface area (Å²) >= 11 is 0. The Kier molecular flexibility index (Phi) is 4.99. The summed E-state index contributed by atoms with van der Waals surface area (Å²) in [5.41, 5.74) is 3.20. The van der Waals surface area contributed by atoms with Crippen LogP contribution in [0, 0.1) is 5.92 Å². The van der Waals surface area contributed by atoms with E-state index in [9.17, 15) is 0 Å². The van der Waals surface area contributed by atoms with E-state index < -0.39 is 0 Å². The van der Waals surface area contributed by atoms with Gasteiger partial charge < -0.3 is 15.0 Å². The van der Waals surface area contributed by atoms with E-state index >= 15 is 0 Å². The molecule has 1 aliphatic rings. The molecule has 1 fully saturated rings. The first-order chi connectivity index (χ1) is 13.2. The minimum Gasteiger partial charge on any atom is -0.492 e. The average molecular weight is 365 g/mol. The van der Waals surface area contributed by atoms with E-state index in [-0.39, 0.29) is 0 Å². The van der Waals surface area contributed by atoms with Crippen molar-refractivity contribution in [3.8, 4) is 16.9 Å². The molecule has 4 heterocycles. The van der Waals surface area contributed by atoms with Crippen LogP contribution in [0.4, 0.5) is 5.82 Å². The second-order valence-electron chi connectivity index (χ2n) is 7.20. The Bertz CT molecular complexity index is 905. The molecule has 0 aromatic carbocycles. The van der Waals surface area contributed by atoms with Gasteiger partial charge in [-0.3, -0.25) is 0 Å². The molecule has 6 heteroatoms. The van der Waals surface area contributed by atoms with E-state index in [1.165, 1.54) is 6.42 Å². The molecule has 0 spiro atoms. The van der Waals surface area contributed by atoms with Crippen molar-refractivity contribution in [2.24, 2.45) is 5.92 Å². The first kappa shape index (κ1) is 17.8. The number of piperidine rings is 1. The first-order valence-electron chi connectivity index (χ1n) is 9.68. The Balaban J connectivity index is 1.63. The number of anilines is 1. The summed E-state index contributed by atoms with van der Waals surface area (Å²) in [5, 5.41) is 7.80. The lowest BCUT2D eigenvalue weighted by molar-refractivity contribution is 0.337. The van der Waals surface area contributed by atoms with E-state index in [1.54, 1.807) is 0 Å². The van der Waals surface area contributed by atoms with Crippen LogP contribution in [-0.4, -0.2) is 47.4 Å². The van der Waals surface area contributed by atoms with Crippen LogP contribution in [0.1, 0.15) is 20.3 Å². The standard InChI is InChI=1S/C21H27N5O/c1-4-27-17-11-18(20-7-9-24-26(20)13-17)16-5-6-21(23-12-16)25-10-8-15(2)19(14-25)22-3/h5-7,9,11-13,15,19,22H,4,8,10,14H2,1-3H3/t15-,19+/m1/s1. The van der Waals surface area contributed by atoms with E-state index in [4.69, 9.17) is 9.72 Å². The Labute approximate surface area is 160 Å². The average Bonchev–Trinajstić information content (AvgIpc) is 3.17. The highest BCUT2D eigenvalue weighted by atomic mass is 16.5. The molecular formula is C21H27N5O. The number of fused-ring (bicyclic) bond motifs is 1. The van der Waals surface area contributed by atoms with Gasteiger partial charge in [-0.1, -0.05) is 6.92 Å². The van der Waals surface area contributed by atoms with Crippen LogP contribution in [0.3, 0.4) is 0 Å². The summed E-state index contributed by atoms with van der Waals surface area (Å²) in [6.45, 7) is 6.98. The van der Waals surface area contributed by atoms with Crippen molar-refractivity contribution in [3.63, 3.8) is 0 Å². The minimum atomic E-state index is 0.509. The van der Waals surface area contributed by atoms with E-state index in [0.29, 0.717) is 18.6 Å². The molecule has 0 unspecified atom stereocenters. The number of likely N-dealkylation sites (N-methyl/N-ethyl adjacent to an activating group) is 1. The summed E-state index contributed by atoms with van der Waals surface area (Å²) < 4.78 is 7.56. The molecule has 0 saturated carbocycles. The van der Waals surface area contributed by atoms with Crippen molar-refractivity contribution in [1.29, 1.82) is 0 Å². The van der Waals surface area contributed by atoms with Gasteiger partial charge in [0.1, 0.15) is 11.6 Å². The molecule has 3 aromatic rings. The van der Waals surface area contributed by atoms with Gasteiger partial charge in [0, 0.05) is 36.5 Å². The Morgan fingerprint density at radius 2 is 2.19 bits per heavy atom. The summed E-state index contributed by atoms with van der Waals surface area (Å²) in [6.07, 6.45) is 6.86. The molecule has 4 rings (SSSR count). The molecule has 1 N–H and O–H groups in total. The van der Waals surface area contributed by atoms with Gasteiger partial charge in [-0.2, -0.15) is 5.10 Å². The highest BCUT2D eigenvalue weighted by Crippen LogP contribution is 2.30. The number of hydrogen-bond acceptors (Lipinski definition) is 5. The number of rotatable bonds is 5. The van der Waals surface area contributed by atoms with Crippen molar-refractivity contribution in [2.45, 2.75) is 26.3 Å². The van der Waals surface area contributed by atoms with Gasteiger partial charge in [0.05, 0.1) is 24.5 Å². The fourth-order valence-corrected chi connectivity index (χ4v) is 3.87. The molecule has 1 saturated heterocycles. The van der Waals surface area contributed by atoms with Gasteiger partial charge in [0.2, 0.25) is 0 Å². The lowest BCUT2D eigenvalue weighted by atomic mass is 9.93. The number of hydrogen-bond donors (Lipinski definition) is 1. The second-order valence-corrected chi connectivity index (χ2v) is 7.20. The maximum Gasteiger partial charge on any atom is 0.138 e. The number of nitrogens with one attached hydrogen (secondary N) is 1. The van der Waals surface area contributed by atoms with Gasteiger partial charge in [-0.15, -0.1) is 0 Å². The third kappa shape index (κ3) is 3.49. The fourth-order valence-electron chi connectivity index (χ4n) is 3.87. The van der Waals surface area contributed by atoms with Crippen LogP contribution in [0.25, 0.3) is 16.6 Å². The quantitative estimate of drug-likeness (QED) is 0.752. The zero-order valence-corrected chi connectivity index (χ0v) is 16.2.